The summed E-state index contributed by atoms with van der Waals surface area (Å²) in [6, 6.07) is 4.41. The van der Waals surface area contributed by atoms with E-state index in [-0.39, 0.29) is 12.2 Å². The van der Waals surface area contributed by atoms with Crippen LogP contribution in [0, 0.1) is 3.57 Å². The molecule has 0 aromatic heterocycles. The van der Waals surface area contributed by atoms with E-state index in [1.807, 2.05) is 22.6 Å². The zero-order valence-corrected chi connectivity index (χ0v) is 9.72. The number of benzene rings is 1. The predicted octanol–water partition coefficient (Wildman–Crippen LogP) is 0.853. The van der Waals surface area contributed by atoms with Crippen LogP contribution in [-0.4, -0.2) is 23.6 Å². The Morgan fingerprint density at radius 1 is 1.47 bits per heavy atom. The molecule has 0 radical (unpaired) electrons. The number of rotatable bonds is 4. The van der Waals surface area contributed by atoms with E-state index >= 15 is 0 Å². The van der Waals surface area contributed by atoms with Crippen LogP contribution in [0.25, 0.3) is 0 Å². The molecule has 15 heavy (non-hydrogen) atoms. The number of carboxylic acids is 1. The fraction of sp³-hybridized carbons (Fsp3) is 0.111. The van der Waals surface area contributed by atoms with Crippen molar-refractivity contribution in [3.63, 3.8) is 0 Å². The van der Waals surface area contributed by atoms with E-state index in [2.05, 4.69) is 0 Å². The number of halogens is 1. The Bertz CT molecular complexity index is 405. The van der Waals surface area contributed by atoms with E-state index in [4.69, 9.17) is 15.6 Å². The highest BCUT2D eigenvalue weighted by Gasteiger charge is 2.08. The van der Waals surface area contributed by atoms with Crippen LogP contribution in [0.1, 0.15) is 10.4 Å². The summed E-state index contributed by atoms with van der Waals surface area (Å²) in [4.78, 5) is 21.1. The Morgan fingerprint density at radius 3 is 2.67 bits per heavy atom. The number of hydrogen-bond donors (Lipinski definition) is 2. The maximum absolute atomic E-state index is 10.7. The van der Waals surface area contributed by atoms with Crippen molar-refractivity contribution < 1.29 is 19.4 Å². The van der Waals surface area contributed by atoms with Crippen LogP contribution in [-0.2, 0) is 4.79 Å². The molecule has 1 amide bonds. The lowest BCUT2D eigenvalue weighted by Crippen LogP contribution is -2.20. The van der Waals surface area contributed by atoms with Crippen molar-refractivity contribution in [2.45, 2.75) is 0 Å². The van der Waals surface area contributed by atoms with E-state index in [1.54, 1.807) is 6.07 Å². The van der Waals surface area contributed by atoms with Crippen molar-refractivity contribution in [1.29, 1.82) is 0 Å². The zero-order chi connectivity index (χ0) is 11.4. The van der Waals surface area contributed by atoms with Gasteiger partial charge in [-0.15, -0.1) is 0 Å². The molecule has 1 aromatic rings. The minimum absolute atomic E-state index is 0.106. The molecular formula is C9H8INO4. The van der Waals surface area contributed by atoms with Crippen molar-refractivity contribution in [2.75, 3.05) is 6.61 Å². The van der Waals surface area contributed by atoms with E-state index in [0.29, 0.717) is 5.75 Å². The number of hydrogen-bond acceptors (Lipinski definition) is 3. The lowest BCUT2D eigenvalue weighted by atomic mass is 10.2. The van der Waals surface area contributed by atoms with Gasteiger partial charge < -0.3 is 15.6 Å². The Balaban J connectivity index is 2.90. The fourth-order valence-corrected chi connectivity index (χ4v) is 1.39. The lowest BCUT2D eigenvalue weighted by molar-refractivity contribution is -0.119. The van der Waals surface area contributed by atoms with Crippen molar-refractivity contribution in [3.8, 4) is 5.75 Å². The molecule has 6 heteroatoms. The quantitative estimate of drug-likeness (QED) is 0.805. The Labute approximate surface area is 99.4 Å². The summed E-state index contributed by atoms with van der Waals surface area (Å²) in [5.74, 6) is -1.31. The molecule has 3 N–H and O–H groups in total. The molecule has 0 unspecified atom stereocenters. The molecule has 80 valence electrons. The second-order valence-electron chi connectivity index (χ2n) is 2.71. The van der Waals surface area contributed by atoms with Gasteiger partial charge in [-0.2, -0.15) is 0 Å². The van der Waals surface area contributed by atoms with Crippen LogP contribution in [0.5, 0.6) is 5.75 Å². The topological polar surface area (TPSA) is 89.6 Å². The molecule has 0 atom stereocenters. The first-order valence-electron chi connectivity index (χ1n) is 3.94. The summed E-state index contributed by atoms with van der Waals surface area (Å²) in [7, 11) is 0. The Kier molecular flexibility index (Phi) is 3.89. The molecule has 1 aromatic carbocycles. The second kappa shape index (κ2) is 4.96. The first-order chi connectivity index (χ1) is 7.00. The molecular weight excluding hydrogens is 313 g/mol. The summed E-state index contributed by atoms with van der Waals surface area (Å²) in [6.45, 7) is -0.265. The fourth-order valence-electron chi connectivity index (χ4n) is 0.896. The van der Waals surface area contributed by atoms with Crippen molar-refractivity contribution in [3.05, 3.63) is 27.3 Å². The minimum atomic E-state index is -1.05. The number of nitrogens with two attached hydrogens (primary N) is 1. The number of aromatic carboxylic acids is 1. The highest BCUT2D eigenvalue weighted by atomic mass is 127. The van der Waals surface area contributed by atoms with Gasteiger partial charge in [0.1, 0.15) is 5.75 Å². The predicted molar refractivity (Wildman–Crippen MR) is 60.8 cm³/mol. The smallest absolute Gasteiger partial charge is 0.335 e. The Hall–Kier alpha value is -1.31. The van der Waals surface area contributed by atoms with Crippen molar-refractivity contribution >= 4 is 34.5 Å². The molecule has 0 bridgehead atoms. The summed E-state index contributed by atoms with van der Waals surface area (Å²) in [5, 5.41) is 8.73. The largest absolute Gasteiger partial charge is 0.483 e. The van der Waals surface area contributed by atoms with Crippen LogP contribution in [0.2, 0.25) is 0 Å². The van der Waals surface area contributed by atoms with Crippen LogP contribution < -0.4 is 10.5 Å². The van der Waals surface area contributed by atoms with E-state index in [0.717, 1.165) is 3.57 Å². The van der Waals surface area contributed by atoms with Gasteiger partial charge in [-0.1, -0.05) is 0 Å². The zero-order valence-electron chi connectivity index (χ0n) is 7.57. The summed E-state index contributed by atoms with van der Waals surface area (Å²) in [6.07, 6.45) is 0. The van der Waals surface area contributed by atoms with Gasteiger partial charge in [0, 0.05) is 0 Å². The number of carbonyl (C=O) groups is 2. The van der Waals surface area contributed by atoms with Crippen molar-refractivity contribution in [1.82, 2.24) is 0 Å². The molecule has 0 saturated carbocycles. The average Bonchev–Trinajstić information content (AvgIpc) is 2.16. The maximum Gasteiger partial charge on any atom is 0.335 e. The summed E-state index contributed by atoms with van der Waals surface area (Å²) < 4.78 is 5.76. The summed E-state index contributed by atoms with van der Waals surface area (Å²) in [5.41, 5.74) is 5.01. The van der Waals surface area contributed by atoms with Crippen LogP contribution in [0.3, 0.4) is 0 Å². The van der Waals surface area contributed by atoms with Gasteiger partial charge in [-0.25, -0.2) is 4.79 Å². The van der Waals surface area contributed by atoms with Gasteiger partial charge in [0.15, 0.2) is 6.61 Å². The average molecular weight is 321 g/mol. The van der Waals surface area contributed by atoms with Crippen LogP contribution in [0.15, 0.2) is 18.2 Å². The highest BCUT2D eigenvalue weighted by molar-refractivity contribution is 14.1. The van der Waals surface area contributed by atoms with Gasteiger partial charge in [0.05, 0.1) is 9.13 Å². The van der Waals surface area contributed by atoms with E-state index in [1.165, 1.54) is 12.1 Å². The number of ether oxygens (including phenoxy) is 1. The first kappa shape index (κ1) is 11.8. The number of primary amides is 1. The molecule has 0 saturated heterocycles. The lowest BCUT2D eigenvalue weighted by Gasteiger charge is -2.06. The normalized spacial score (nSPS) is 9.67. The molecule has 0 aliphatic carbocycles. The number of amides is 1. The van der Waals surface area contributed by atoms with Gasteiger partial charge in [0.2, 0.25) is 0 Å². The third kappa shape index (κ3) is 3.39. The molecule has 0 fully saturated rings. The van der Waals surface area contributed by atoms with Crippen LogP contribution >= 0.6 is 22.6 Å². The van der Waals surface area contributed by atoms with Gasteiger partial charge >= 0.3 is 5.97 Å². The third-order valence-corrected chi connectivity index (χ3v) is 2.44. The van der Waals surface area contributed by atoms with E-state index in [9.17, 15) is 9.59 Å². The monoisotopic (exact) mass is 321 g/mol. The molecule has 0 aliphatic heterocycles. The first-order valence-corrected chi connectivity index (χ1v) is 5.02. The SMILES string of the molecule is NC(=O)COc1cc(C(=O)O)ccc1I. The minimum Gasteiger partial charge on any atom is -0.483 e. The van der Waals surface area contributed by atoms with Gasteiger partial charge in [0.25, 0.3) is 5.91 Å². The number of carboxylic acid groups (broad SMARTS) is 1. The number of carbonyl (C=O) groups excluding carboxylic acids is 1. The molecule has 0 heterocycles. The van der Waals surface area contributed by atoms with E-state index < -0.39 is 11.9 Å². The molecule has 0 aliphatic rings. The summed E-state index contributed by atoms with van der Waals surface area (Å²) >= 11 is 1.98. The Morgan fingerprint density at radius 2 is 2.13 bits per heavy atom. The second-order valence-corrected chi connectivity index (χ2v) is 3.87. The highest BCUT2D eigenvalue weighted by Crippen LogP contribution is 2.22. The maximum atomic E-state index is 10.7. The third-order valence-electron chi connectivity index (χ3n) is 1.55. The molecule has 5 nitrogen and oxygen atoms in total. The van der Waals surface area contributed by atoms with Gasteiger partial charge in [-0.05, 0) is 40.8 Å². The van der Waals surface area contributed by atoms with Crippen LogP contribution in [0.4, 0.5) is 0 Å². The standard InChI is InChI=1S/C9H8INO4/c10-6-2-1-5(9(13)14)3-7(6)15-4-8(11)12/h1-3H,4H2,(H2,11,12)(H,13,14). The van der Waals surface area contributed by atoms with Gasteiger partial charge in [-0.3, -0.25) is 4.79 Å². The molecule has 1 rings (SSSR count). The van der Waals surface area contributed by atoms with Crippen molar-refractivity contribution in [2.24, 2.45) is 5.73 Å². The molecule has 0 spiro atoms.